The molecule has 3 aromatic rings. The number of thioether (sulfide) groups is 1. The van der Waals surface area contributed by atoms with E-state index in [1.807, 2.05) is 36.4 Å². The van der Waals surface area contributed by atoms with Gasteiger partial charge in [-0.3, -0.25) is 14.5 Å². The molecule has 4 rings (SSSR count). The van der Waals surface area contributed by atoms with Crippen molar-refractivity contribution in [3.05, 3.63) is 105 Å². The summed E-state index contributed by atoms with van der Waals surface area (Å²) in [5, 5.41) is 12.0. The molecule has 206 valence electrons. The van der Waals surface area contributed by atoms with Gasteiger partial charge < -0.3 is 10.1 Å². The largest absolute Gasteiger partial charge is 0.497 e. The Bertz CT molecular complexity index is 1490. The maximum Gasteiger partial charge on any atom is 0.416 e. The molecule has 0 radical (unpaired) electrons. The molecular formula is C29H23ClF3N3O3S. The van der Waals surface area contributed by atoms with Crippen LogP contribution in [0, 0.1) is 11.3 Å². The zero-order valence-corrected chi connectivity index (χ0v) is 22.9. The Hall–Kier alpha value is -3.94. The van der Waals surface area contributed by atoms with Crippen molar-refractivity contribution in [1.29, 1.82) is 5.26 Å². The van der Waals surface area contributed by atoms with Crippen molar-refractivity contribution >= 4 is 40.9 Å². The van der Waals surface area contributed by atoms with Crippen LogP contribution in [-0.4, -0.2) is 24.2 Å². The van der Waals surface area contributed by atoms with E-state index in [0.717, 1.165) is 35.5 Å². The van der Waals surface area contributed by atoms with Gasteiger partial charge in [0.1, 0.15) is 22.4 Å². The summed E-state index contributed by atoms with van der Waals surface area (Å²) in [4.78, 5) is 28.2. The third kappa shape index (κ3) is 6.27. The Morgan fingerprint density at radius 2 is 1.82 bits per heavy atom. The van der Waals surface area contributed by atoms with E-state index in [1.165, 1.54) is 12.0 Å². The van der Waals surface area contributed by atoms with Gasteiger partial charge in [0.05, 0.1) is 24.0 Å². The van der Waals surface area contributed by atoms with E-state index in [-0.39, 0.29) is 27.6 Å². The van der Waals surface area contributed by atoms with Gasteiger partial charge in [0.15, 0.2) is 0 Å². The smallest absolute Gasteiger partial charge is 0.416 e. The van der Waals surface area contributed by atoms with Crippen LogP contribution in [0.1, 0.15) is 29.7 Å². The van der Waals surface area contributed by atoms with Gasteiger partial charge in [-0.15, -0.1) is 0 Å². The van der Waals surface area contributed by atoms with Gasteiger partial charge in [0.25, 0.3) is 5.91 Å². The highest BCUT2D eigenvalue weighted by atomic mass is 35.5. The third-order valence-electron chi connectivity index (χ3n) is 6.26. The first-order valence-corrected chi connectivity index (χ1v) is 13.3. The van der Waals surface area contributed by atoms with Gasteiger partial charge >= 0.3 is 6.18 Å². The number of rotatable bonds is 7. The van der Waals surface area contributed by atoms with Crippen molar-refractivity contribution < 1.29 is 27.5 Å². The molecule has 2 amide bonds. The minimum Gasteiger partial charge on any atom is -0.497 e. The molecule has 1 N–H and O–H groups in total. The number of nitrogens with one attached hydrogen (secondary N) is 1. The topological polar surface area (TPSA) is 82.4 Å². The molecule has 1 heterocycles. The number of nitriles is 1. The maximum atomic E-state index is 13.7. The summed E-state index contributed by atoms with van der Waals surface area (Å²) in [5.41, 5.74) is 0.116. The normalized spacial score (nSPS) is 17.3. The van der Waals surface area contributed by atoms with Crippen molar-refractivity contribution in [3.8, 4) is 11.8 Å². The number of carbonyl (C=O) groups excluding carboxylic acids is 2. The van der Waals surface area contributed by atoms with E-state index in [4.69, 9.17) is 16.3 Å². The predicted octanol–water partition coefficient (Wildman–Crippen LogP) is 6.67. The molecule has 1 aliphatic heterocycles. The highest BCUT2D eigenvalue weighted by Gasteiger charge is 2.41. The molecule has 11 heteroatoms. The lowest BCUT2D eigenvalue weighted by Gasteiger charge is -2.20. The highest BCUT2D eigenvalue weighted by molar-refractivity contribution is 8.05. The van der Waals surface area contributed by atoms with E-state index in [0.29, 0.717) is 11.4 Å². The monoisotopic (exact) mass is 585 g/mol. The third-order valence-corrected chi connectivity index (χ3v) is 7.89. The van der Waals surface area contributed by atoms with E-state index < -0.39 is 34.8 Å². The molecule has 0 spiro atoms. The van der Waals surface area contributed by atoms with Gasteiger partial charge in [-0.05, 0) is 66.9 Å². The summed E-state index contributed by atoms with van der Waals surface area (Å²) in [6.07, 6.45) is -4.74. The number of hydrogen-bond acceptors (Lipinski definition) is 5. The van der Waals surface area contributed by atoms with Crippen LogP contribution in [0.25, 0.3) is 0 Å². The number of benzene rings is 3. The van der Waals surface area contributed by atoms with E-state index >= 15 is 0 Å². The highest BCUT2D eigenvalue weighted by Crippen LogP contribution is 2.43. The lowest BCUT2D eigenvalue weighted by atomic mass is 10.0. The maximum absolute atomic E-state index is 13.7. The fraction of sp³-hybridized carbons (Fsp3) is 0.207. The van der Waals surface area contributed by atoms with Crippen LogP contribution in [0.4, 0.5) is 18.9 Å². The number of methoxy groups -OCH3 is 1. The van der Waals surface area contributed by atoms with Crippen LogP contribution in [0.5, 0.6) is 5.75 Å². The standard InChI is InChI=1S/C29H23ClF3N3O3S/c1-17(18-6-4-3-5-7-18)35-26(37)23(16-34)28-36(21-9-11-22(39-2)12-10-21)27(38)25(40-28)15-19-14-20(29(31,32)33)8-13-24(19)30/h3-14,17,25H,15H2,1-2H3,(H,35,37)/b28-23-. The van der Waals surface area contributed by atoms with Crippen molar-refractivity contribution in [3.63, 3.8) is 0 Å². The molecule has 1 aliphatic rings. The molecule has 0 bridgehead atoms. The lowest BCUT2D eigenvalue weighted by molar-refractivity contribution is -0.137. The average Bonchev–Trinajstić information content (AvgIpc) is 3.25. The molecule has 2 atom stereocenters. The van der Waals surface area contributed by atoms with Gasteiger partial charge in [-0.1, -0.05) is 53.7 Å². The molecule has 3 aromatic carbocycles. The van der Waals surface area contributed by atoms with Crippen molar-refractivity contribution in [2.75, 3.05) is 12.0 Å². The Labute approximate surface area is 238 Å². The first-order valence-electron chi connectivity index (χ1n) is 12.0. The first kappa shape index (κ1) is 29.1. The number of halogens is 4. The Morgan fingerprint density at radius 3 is 2.42 bits per heavy atom. The molecule has 1 fully saturated rings. The van der Waals surface area contributed by atoms with E-state index in [9.17, 15) is 28.0 Å². The van der Waals surface area contributed by atoms with Crippen molar-refractivity contribution in [1.82, 2.24) is 5.32 Å². The predicted molar refractivity (Wildman–Crippen MR) is 148 cm³/mol. The molecule has 0 saturated carbocycles. The van der Waals surface area contributed by atoms with Gasteiger partial charge in [0.2, 0.25) is 5.91 Å². The number of hydrogen-bond donors (Lipinski definition) is 1. The Morgan fingerprint density at radius 1 is 1.15 bits per heavy atom. The van der Waals surface area contributed by atoms with Crippen LogP contribution in [-0.2, 0) is 22.2 Å². The fourth-order valence-corrected chi connectivity index (χ4v) is 5.64. The SMILES string of the molecule is COc1ccc(N2C(=O)C(Cc3cc(C(F)(F)F)ccc3Cl)S/C2=C(/C#N)C(=O)NC(C)c2ccccc2)cc1. The van der Waals surface area contributed by atoms with Gasteiger partial charge in [0, 0.05) is 10.7 Å². The molecule has 2 unspecified atom stereocenters. The van der Waals surface area contributed by atoms with Crippen molar-refractivity contribution in [2.24, 2.45) is 0 Å². The quantitative estimate of drug-likeness (QED) is 0.247. The van der Waals surface area contributed by atoms with Crippen LogP contribution < -0.4 is 15.0 Å². The number of anilines is 1. The molecule has 0 aliphatic carbocycles. The number of nitrogens with zero attached hydrogens (tertiary/aromatic N) is 2. The molecular weight excluding hydrogens is 563 g/mol. The van der Waals surface area contributed by atoms with Crippen LogP contribution in [0.2, 0.25) is 5.02 Å². The second-order valence-corrected chi connectivity index (χ2v) is 10.5. The summed E-state index contributed by atoms with van der Waals surface area (Å²) >= 11 is 7.14. The fourth-order valence-electron chi connectivity index (χ4n) is 4.15. The summed E-state index contributed by atoms with van der Waals surface area (Å²) in [5.74, 6) is -0.670. The van der Waals surface area contributed by atoms with Gasteiger partial charge in [-0.2, -0.15) is 18.4 Å². The second kappa shape index (κ2) is 12.1. The minimum atomic E-state index is -4.59. The van der Waals surface area contributed by atoms with Gasteiger partial charge in [-0.25, -0.2) is 0 Å². The molecule has 1 saturated heterocycles. The lowest BCUT2D eigenvalue weighted by Crippen LogP contribution is -2.33. The van der Waals surface area contributed by atoms with Crippen LogP contribution in [0.15, 0.2) is 83.4 Å². The zero-order chi connectivity index (χ0) is 29.0. The number of amides is 2. The number of ether oxygens (including phenoxy) is 1. The molecule has 6 nitrogen and oxygen atoms in total. The number of carbonyl (C=O) groups is 2. The summed E-state index contributed by atoms with van der Waals surface area (Å²) in [6.45, 7) is 1.76. The summed E-state index contributed by atoms with van der Waals surface area (Å²) in [7, 11) is 1.48. The van der Waals surface area contributed by atoms with Crippen molar-refractivity contribution in [2.45, 2.75) is 30.8 Å². The molecule has 40 heavy (non-hydrogen) atoms. The minimum absolute atomic E-state index is 0.0727. The molecule has 0 aromatic heterocycles. The number of alkyl halides is 3. The first-order chi connectivity index (χ1) is 19.0. The zero-order valence-electron chi connectivity index (χ0n) is 21.3. The van der Waals surface area contributed by atoms with E-state index in [2.05, 4.69) is 5.32 Å². The van der Waals surface area contributed by atoms with E-state index in [1.54, 1.807) is 31.2 Å². The summed E-state index contributed by atoms with van der Waals surface area (Å²) in [6, 6.07) is 20.0. The van der Waals surface area contributed by atoms with Crippen LogP contribution >= 0.6 is 23.4 Å². The summed E-state index contributed by atoms with van der Waals surface area (Å²) < 4.78 is 45.2. The Balaban J connectivity index is 1.73. The average molecular weight is 586 g/mol. The Kier molecular flexibility index (Phi) is 8.76. The van der Waals surface area contributed by atoms with Crippen LogP contribution in [0.3, 0.4) is 0 Å². The second-order valence-electron chi connectivity index (χ2n) is 8.88.